The van der Waals surface area contributed by atoms with Crippen LogP contribution in [0, 0.1) is 46.5 Å². The Kier molecular flexibility index (Phi) is 18.4. The molecule has 81 heavy (non-hydrogen) atoms. The fourth-order valence-electron chi connectivity index (χ4n) is 10.8. The quantitative estimate of drug-likeness (QED) is 0.0716. The Morgan fingerprint density at radius 2 is 1.04 bits per heavy atom. The molecule has 27 heteroatoms. The minimum atomic E-state index is -1.96. The van der Waals surface area contributed by atoms with Gasteiger partial charge in [0.2, 0.25) is 17.1 Å². The summed E-state index contributed by atoms with van der Waals surface area (Å²) in [6, 6.07) is 6.70. The Morgan fingerprint density at radius 1 is 0.605 bits per heavy atom. The molecule has 4 saturated heterocycles. The van der Waals surface area contributed by atoms with E-state index in [0.717, 1.165) is 49.2 Å². The second-order valence-electron chi connectivity index (χ2n) is 19.5. The SMILES string of the molecule is C.C.CNC(=O)Nc1cc(F)c2c(c1)CC[C@@]21OC(=O)N(CC(=O)N2[C@@H](C)CC[C@H]2c2cc(F)c(F)c(F)c2)C1=O.CNC(=O)Nc1cc(F)c2c(c1)CC[C@@]21OC(=O)N(CC(=O)O)C1=O.C[C@H]1CC[C@@H](c2cc(F)c(F)c(F)c2)N1. The number of aryl methyl sites for hydroxylation is 2. The number of imide groups is 2. The van der Waals surface area contributed by atoms with Gasteiger partial charge in [-0.25, -0.2) is 64.1 Å². The summed E-state index contributed by atoms with van der Waals surface area (Å²) in [4.78, 5) is 100. The van der Waals surface area contributed by atoms with Gasteiger partial charge in [0.05, 0.1) is 6.04 Å². The lowest BCUT2D eigenvalue weighted by atomic mass is 9.94. The van der Waals surface area contributed by atoms with Crippen LogP contribution in [0.1, 0.15) is 113 Å². The number of carboxylic acid groups (broad SMARTS) is 1. The first-order valence-corrected chi connectivity index (χ1v) is 24.6. The molecule has 0 radical (unpaired) electrons. The zero-order chi connectivity index (χ0) is 57.6. The largest absolute Gasteiger partial charge is 0.480 e. The molecule has 10 rings (SSSR count). The number of carbonyl (C=O) groups excluding carboxylic acids is 7. The van der Waals surface area contributed by atoms with Gasteiger partial charge in [0.1, 0.15) is 24.7 Å². The summed E-state index contributed by atoms with van der Waals surface area (Å²) in [6.07, 6.45) is 0.672. The maximum Gasteiger partial charge on any atom is 0.418 e. The van der Waals surface area contributed by atoms with Gasteiger partial charge in [-0.1, -0.05) is 14.9 Å². The van der Waals surface area contributed by atoms with E-state index in [-0.39, 0.29) is 74.6 Å². The van der Waals surface area contributed by atoms with Crippen molar-refractivity contribution in [2.75, 3.05) is 37.8 Å². The van der Waals surface area contributed by atoms with Gasteiger partial charge in [-0.05, 0) is 123 Å². The van der Waals surface area contributed by atoms with Crippen LogP contribution >= 0.6 is 0 Å². The highest BCUT2D eigenvalue weighted by atomic mass is 19.2. The number of hydrogen-bond donors (Lipinski definition) is 6. The van der Waals surface area contributed by atoms with Crippen molar-refractivity contribution in [1.29, 1.82) is 0 Å². The van der Waals surface area contributed by atoms with Crippen LogP contribution in [-0.4, -0.2) is 107 Å². The maximum atomic E-state index is 15.2. The van der Waals surface area contributed by atoms with Gasteiger partial charge >= 0.3 is 30.2 Å². The molecule has 4 aromatic rings. The minimum absolute atomic E-state index is 0. The standard InChI is InChI=1S/C26H24F4N4O5.C15H14FN3O6.C11H12F3N.2CH4/c1-12-3-4-19(14-8-17(28)22(30)18(29)9-14)34(12)20(35)11-33-23(36)26(39-25(33)38)6-5-13-7-15(32-24(37)31-2)10-16(27)21(13)26;1-17-13(23)18-8-4-7-2-3-15(11(7)9(16)5-8)12(22)19(6-10(20)21)14(24)25-15;1-6-2-3-10(15-6)7-4-8(12)11(14)9(13)5-7;;/h7-10,12,19H,3-6,11H2,1-2H3,(H2,31,32,37);4-5H,2-3,6H2,1H3,(H,20,21)(H2,17,18,23);4-6,10,15H,2-3H2,1H3;2*1H4/t12-,19-,26+;15-;6-,10-;;/m010../s1. The normalized spacial score (nSPS) is 22.8. The van der Waals surface area contributed by atoms with Gasteiger partial charge in [0, 0.05) is 67.6 Å². The molecule has 0 bridgehead atoms. The van der Waals surface area contributed by atoms with Gasteiger partial charge in [0.15, 0.2) is 34.9 Å². The van der Waals surface area contributed by atoms with E-state index in [1.165, 1.54) is 31.1 Å². The van der Waals surface area contributed by atoms with Crippen molar-refractivity contribution in [2.24, 2.45) is 0 Å². The van der Waals surface area contributed by atoms with Gasteiger partial charge in [-0.3, -0.25) is 19.2 Å². The van der Waals surface area contributed by atoms with Crippen molar-refractivity contribution in [3.8, 4) is 0 Å². The monoisotopic (exact) mass is 1150 g/mol. The molecule has 0 saturated carbocycles. The highest BCUT2D eigenvalue weighted by Crippen LogP contribution is 2.49. The summed E-state index contributed by atoms with van der Waals surface area (Å²) >= 11 is 0. The molecular formula is C54H58F8N8O11. The first-order chi connectivity index (χ1) is 37.3. The smallest absolute Gasteiger partial charge is 0.418 e. The first-order valence-electron chi connectivity index (χ1n) is 24.6. The molecule has 2 aliphatic carbocycles. The summed E-state index contributed by atoms with van der Waals surface area (Å²) in [5, 5.41) is 21.5. The summed E-state index contributed by atoms with van der Waals surface area (Å²) in [5.41, 5.74) is -2.40. The van der Waals surface area contributed by atoms with Gasteiger partial charge in [-0.2, -0.15) is 0 Å². The van der Waals surface area contributed by atoms with Gasteiger partial charge in [0.25, 0.3) is 11.8 Å². The number of carbonyl (C=O) groups is 8. The van der Waals surface area contributed by atoms with Gasteiger partial charge < -0.3 is 46.1 Å². The molecule has 4 aliphatic heterocycles. The molecule has 0 aromatic heterocycles. The van der Waals surface area contributed by atoms with Crippen molar-refractivity contribution in [2.45, 2.75) is 115 Å². The van der Waals surface area contributed by atoms with Crippen molar-refractivity contribution >= 4 is 59.3 Å². The van der Waals surface area contributed by atoms with E-state index < -0.39 is 131 Å². The molecule has 0 unspecified atom stereocenters. The van der Waals surface area contributed by atoms with Crippen LogP contribution in [0.5, 0.6) is 0 Å². The van der Waals surface area contributed by atoms with Crippen molar-refractivity contribution in [3.05, 3.63) is 128 Å². The van der Waals surface area contributed by atoms with E-state index >= 15 is 4.39 Å². The van der Waals surface area contributed by atoms with Crippen LogP contribution in [-0.2, 0) is 52.7 Å². The zero-order valence-electron chi connectivity index (χ0n) is 42.4. The molecule has 4 fully saturated rings. The molecule has 4 heterocycles. The Bertz CT molecular complexity index is 3180. The van der Waals surface area contributed by atoms with Crippen molar-refractivity contribution in [3.63, 3.8) is 0 Å². The maximum absolute atomic E-state index is 15.2. The Labute approximate surface area is 458 Å². The molecule has 9 amide bonds. The summed E-state index contributed by atoms with van der Waals surface area (Å²) in [5.74, 6) is -13.6. The Balaban J connectivity index is 0.000000215. The number of urea groups is 2. The highest BCUT2D eigenvalue weighted by molar-refractivity contribution is 6.07. The first kappa shape index (κ1) is 61.8. The zero-order valence-corrected chi connectivity index (χ0v) is 42.4. The number of halogens is 8. The third kappa shape index (κ3) is 11.8. The number of rotatable bonds is 8. The second kappa shape index (κ2) is 24.2. The highest BCUT2D eigenvalue weighted by Gasteiger charge is 2.61. The van der Waals surface area contributed by atoms with Crippen LogP contribution < -0.4 is 26.6 Å². The van der Waals surface area contributed by atoms with Crippen molar-refractivity contribution in [1.82, 2.24) is 30.7 Å². The average molecular weight is 1150 g/mol. The number of anilines is 2. The molecule has 6 N–H and O–H groups in total. The van der Waals surface area contributed by atoms with E-state index in [9.17, 15) is 69.1 Å². The summed E-state index contributed by atoms with van der Waals surface area (Å²) in [6.45, 7) is 2.12. The molecule has 6 atom stereocenters. The lowest BCUT2D eigenvalue weighted by Gasteiger charge is -2.30. The predicted molar refractivity (Wildman–Crippen MR) is 272 cm³/mol. The van der Waals surface area contributed by atoms with Crippen LogP contribution in [0.2, 0.25) is 0 Å². The fourth-order valence-corrected chi connectivity index (χ4v) is 10.8. The molecule has 2 spiro atoms. The number of likely N-dealkylation sites (tertiary alicyclic amines) is 1. The van der Waals surface area contributed by atoms with E-state index in [0.29, 0.717) is 45.4 Å². The third-order valence-electron chi connectivity index (χ3n) is 14.5. The molecule has 436 valence electrons. The average Bonchev–Trinajstić information content (AvgIpc) is 4.08. The van der Waals surface area contributed by atoms with E-state index in [1.807, 2.05) is 6.92 Å². The molecular weight excluding hydrogens is 1090 g/mol. The minimum Gasteiger partial charge on any atom is -0.480 e. The number of aliphatic carboxylic acids is 1. The van der Waals surface area contributed by atoms with Crippen molar-refractivity contribution < 1.29 is 88.1 Å². The lowest BCUT2D eigenvalue weighted by molar-refractivity contribution is -0.144. The summed E-state index contributed by atoms with van der Waals surface area (Å²) < 4.78 is 120. The van der Waals surface area contributed by atoms with E-state index in [1.54, 1.807) is 6.92 Å². The number of amides is 9. The molecule has 19 nitrogen and oxygen atoms in total. The number of hydrogen-bond acceptors (Lipinski definition) is 11. The van der Waals surface area contributed by atoms with Crippen LogP contribution in [0.4, 0.5) is 65.7 Å². The number of fused-ring (bicyclic) bond motifs is 4. The number of carboxylic acids is 1. The molecule has 6 aliphatic rings. The van der Waals surface area contributed by atoms with Crippen LogP contribution in [0.25, 0.3) is 0 Å². The third-order valence-corrected chi connectivity index (χ3v) is 14.5. The number of nitrogens with zero attached hydrogens (tertiary/aromatic N) is 3. The predicted octanol–water partition coefficient (Wildman–Crippen LogP) is 8.84. The topological polar surface area (TPSA) is 245 Å². The van der Waals surface area contributed by atoms with Crippen LogP contribution in [0.15, 0.2) is 48.5 Å². The van der Waals surface area contributed by atoms with Gasteiger partial charge in [-0.15, -0.1) is 0 Å². The second-order valence-corrected chi connectivity index (χ2v) is 19.5. The lowest BCUT2D eigenvalue weighted by Crippen LogP contribution is -2.46. The van der Waals surface area contributed by atoms with Crippen LogP contribution in [0.3, 0.4) is 0 Å². The number of nitrogens with one attached hydrogen (secondary N) is 5. The number of benzene rings is 4. The number of ether oxygens (including phenoxy) is 2. The van der Waals surface area contributed by atoms with E-state index in [2.05, 4.69) is 26.6 Å². The summed E-state index contributed by atoms with van der Waals surface area (Å²) in [7, 11) is 2.80. The fraction of sp³-hybridized carbons (Fsp3) is 0.407. The van der Waals surface area contributed by atoms with E-state index in [4.69, 9.17) is 14.6 Å². The Hall–Kier alpha value is -8.36. The Morgan fingerprint density at radius 3 is 1.44 bits per heavy atom. The molecule has 4 aromatic carbocycles.